The summed E-state index contributed by atoms with van der Waals surface area (Å²) in [6.07, 6.45) is 8.65. The van der Waals surface area contributed by atoms with E-state index >= 15 is 0 Å². The molecule has 0 unspecified atom stereocenters. The average Bonchev–Trinajstić information content (AvgIpc) is 3.52. The molecule has 0 aliphatic heterocycles. The van der Waals surface area contributed by atoms with Gasteiger partial charge in [0.25, 0.3) is 5.91 Å². The molecule has 3 aromatic heterocycles. The Kier molecular flexibility index (Phi) is 6.50. The van der Waals surface area contributed by atoms with E-state index < -0.39 is 0 Å². The summed E-state index contributed by atoms with van der Waals surface area (Å²) in [6, 6.07) is 4.29. The van der Waals surface area contributed by atoms with Crippen molar-refractivity contribution >= 4 is 17.7 Å². The molecule has 166 valence electrons. The van der Waals surface area contributed by atoms with Gasteiger partial charge in [-0.1, -0.05) is 29.8 Å². The third-order valence-corrected chi connectivity index (χ3v) is 6.63. The molecular formula is C22H30N6O2S. The molecule has 1 amide bonds. The summed E-state index contributed by atoms with van der Waals surface area (Å²) in [7, 11) is 0. The van der Waals surface area contributed by atoms with Crippen LogP contribution in [0.2, 0.25) is 0 Å². The quantitative estimate of drug-likeness (QED) is 0.416. The maximum absolute atomic E-state index is 12.8. The molecule has 31 heavy (non-hydrogen) atoms. The normalized spacial score (nSPS) is 14.5. The second-order valence-corrected chi connectivity index (χ2v) is 8.96. The Hall–Kier alpha value is -2.55. The number of hydrogen-bond donors (Lipinski definition) is 1. The topological polar surface area (TPSA) is 90.8 Å². The van der Waals surface area contributed by atoms with Gasteiger partial charge in [0, 0.05) is 36.5 Å². The zero-order valence-electron chi connectivity index (χ0n) is 18.6. The molecule has 0 aromatic carbocycles. The summed E-state index contributed by atoms with van der Waals surface area (Å²) >= 11 is 1.65. The van der Waals surface area contributed by atoms with Crippen molar-refractivity contribution in [2.75, 3.05) is 12.8 Å². The molecule has 4 rings (SSSR count). The van der Waals surface area contributed by atoms with Crippen LogP contribution in [0.3, 0.4) is 0 Å². The van der Waals surface area contributed by atoms with E-state index in [0.717, 1.165) is 41.0 Å². The molecule has 1 N–H and O–H groups in total. The van der Waals surface area contributed by atoms with E-state index in [9.17, 15) is 4.79 Å². The maximum Gasteiger partial charge on any atom is 0.253 e. The Morgan fingerprint density at radius 1 is 1.23 bits per heavy atom. The molecule has 1 fully saturated rings. The third kappa shape index (κ3) is 4.42. The lowest BCUT2D eigenvalue weighted by Gasteiger charge is -2.16. The Balaban J connectivity index is 1.37. The molecule has 0 radical (unpaired) electrons. The number of nitrogens with zero attached hydrogens (tertiary/aromatic N) is 5. The van der Waals surface area contributed by atoms with Crippen molar-refractivity contribution in [1.29, 1.82) is 0 Å². The van der Waals surface area contributed by atoms with Crippen LogP contribution in [0, 0.1) is 20.8 Å². The first-order valence-corrected chi connectivity index (χ1v) is 12.1. The zero-order chi connectivity index (χ0) is 22.0. The highest BCUT2D eigenvalue weighted by atomic mass is 32.2. The van der Waals surface area contributed by atoms with Crippen molar-refractivity contribution < 1.29 is 9.32 Å². The first-order chi connectivity index (χ1) is 15.0. The van der Waals surface area contributed by atoms with E-state index in [4.69, 9.17) is 4.52 Å². The van der Waals surface area contributed by atoms with E-state index in [0.29, 0.717) is 24.0 Å². The van der Waals surface area contributed by atoms with E-state index in [1.165, 1.54) is 25.7 Å². The molecule has 0 spiro atoms. The molecule has 3 aromatic rings. The predicted molar refractivity (Wildman–Crippen MR) is 120 cm³/mol. The summed E-state index contributed by atoms with van der Waals surface area (Å²) in [4.78, 5) is 12.8. The van der Waals surface area contributed by atoms with E-state index in [1.54, 1.807) is 11.8 Å². The lowest BCUT2D eigenvalue weighted by atomic mass is 10.2. The molecule has 0 atom stereocenters. The first-order valence-electron chi connectivity index (χ1n) is 10.9. The summed E-state index contributed by atoms with van der Waals surface area (Å²) in [5.74, 6) is 2.40. The molecule has 8 nitrogen and oxygen atoms in total. The lowest BCUT2D eigenvalue weighted by Crippen LogP contribution is -2.25. The Morgan fingerprint density at radius 3 is 2.68 bits per heavy atom. The van der Waals surface area contributed by atoms with Crippen LogP contribution in [0.4, 0.5) is 0 Å². The SMILES string of the molecule is CSc1nnc(CCCNC(=O)c2cc(C)n(-c3cc(C)on3)c2C)n1C1CCCC1. The van der Waals surface area contributed by atoms with Crippen molar-refractivity contribution in [2.24, 2.45) is 0 Å². The Labute approximate surface area is 186 Å². The molecular weight excluding hydrogens is 412 g/mol. The molecule has 0 bridgehead atoms. The van der Waals surface area contributed by atoms with Gasteiger partial charge in [0.2, 0.25) is 0 Å². The van der Waals surface area contributed by atoms with Crippen molar-refractivity contribution in [3.05, 3.63) is 40.7 Å². The minimum absolute atomic E-state index is 0.0679. The third-order valence-electron chi connectivity index (χ3n) is 5.99. The summed E-state index contributed by atoms with van der Waals surface area (Å²) < 4.78 is 9.46. The van der Waals surface area contributed by atoms with Gasteiger partial charge in [0.1, 0.15) is 11.6 Å². The van der Waals surface area contributed by atoms with Crippen molar-refractivity contribution in [3.63, 3.8) is 0 Å². The molecule has 0 saturated heterocycles. The fraction of sp³-hybridized carbons (Fsp3) is 0.545. The number of rotatable bonds is 8. The largest absolute Gasteiger partial charge is 0.360 e. The molecule has 3 heterocycles. The van der Waals surface area contributed by atoms with Crippen LogP contribution >= 0.6 is 11.8 Å². The highest BCUT2D eigenvalue weighted by Gasteiger charge is 2.23. The standard InChI is InChI=1S/C22H30N6O2S/c1-14-12-18(16(3)27(14)20-13-15(2)30-26-20)21(29)23-11-7-10-19-24-25-22(31-4)28(19)17-8-5-6-9-17/h12-13,17H,5-11H2,1-4H3,(H,23,29). The number of carbonyl (C=O) groups excluding carboxylic acids is 1. The first kappa shape index (κ1) is 21.7. The number of amides is 1. The van der Waals surface area contributed by atoms with E-state index in [-0.39, 0.29) is 5.91 Å². The second-order valence-electron chi connectivity index (χ2n) is 8.19. The van der Waals surface area contributed by atoms with Crippen LogP contribution < -0.4 is 5.32 Å². The van der Waals surface area contributed by atoms with Gasteiger partial charge in [-0.25, -0.2) is 0 Å². The van der Waals surface area contributed by atoms with Gasteiger partial charge >= 0.3 is 0 Å². The summed E-state index contributed by atoms with van der Waals surface area (Å²) in [6.45, 7) is 6.35. The Bertz CT molecular complexity index is 1060. The van der Waals surface area contributed by atoms with Crippen LogP contribution in [-0.4, -0.2) is 43.2 Å². The molecule has 1 aliphatic rings. The monoisotopic (exact) mass is 442 g/mol. The zero-order valence-corrected chi connectivity index (χ0v) is 19.5. The minimum Gasteiger partial charge on any atom is -0.360 e. The molecule has 9 heteroatoms. The van der Waals surface area contributed by atoms with Gasteiger partial charge < -0.3 is 14.4 Å². The fourth-order valence-electron chi connectivity index (χ4n) is 4.49. The second kappa shape index (κ2) is 9.30. The number of thioether (sulfide) groups is 1. The predicted octanol–water partition coefficient (Wildman–Crippen LogP) is 4.18. The summed E-state index contributed by atoms with van der Waals surface area (Å²) in [5.41, 5.74) is 2.47. The molecule has 1 aliphatic carbocycles. The smallest absolute Gasteiger partial charge is 0.253 e. The van der Waals surface area contributed by atoms with Crippen molar-refractivity contribution in [3.8, 4) is 5.82 Å². The van der Waals surface area contributed by atoms with Gasteiger partial charge in [0.05, 0.1) is 5.56 Å². The summed E-state index contributed by atoms with van der Waals surface area (Å²) in [5, 5.41) is 16.9. The lowest BCUT2D eigenvalue weighted by molar-refractivity contribution is 0.0952. The number of aryl methyl sites for hydroxylation is 3. The fourth-order valence-corrected chi connectivity index (χ4v) is 5.07. The average molecular weight is 443 g/mol. The van der Waals surface area contributed by atoms with Crippen molar-refractivity contribution in [1.82, 2.24) is 29.8 Å². The number of aromatic nitrogens is 5. The number of hydrogen-bond acceptors (Lipinski definition) is 6. The van der Waals surface area contributed by atoms with Crippen LogP contribution in [0.25, 0.3) is 5.82 Å². The molecule has 1 saturated carbocycles. The van der Waals surface area contributed by atoms with Gasteiger partial charge in [-0.2, -0.15) is 0 Å². The van der Waals surface area contributed by atoms with Gasteiger partial charge in [0.15, 0.2) is 11.0 Å². The Morgan fingerprint density at radius 2 is 2.00 bits per heavy atom. The van der Waals surface area contributed by atoms with Crippen LogP contribution in [0.1, 0.15) is 71.5 Å². The van der Waals surface area contributed by atoms with E-state index in [2.05, 4.69) is 31.5 Å². The number of carbonyl (C=O) groups is 1. The highest BCUT2D eigenvalue weighted by Crippen LogP contribution is 2.33. The van der Waals surface area contributed by atoms with Gasteiger partial charge in [-0.15, -0.1) is 10.2 Å². The van der Waals surface area contributed by atoms with E-state index in [1.807, 2.05) is 37.5 Å². The minimum atomic E-state index is -0.0679. The van der Waals surface area contributed by atoms with Crippen LogP contribution in [0.15, 0.2) is 21.8 Å². The number of nitrogens with one attached hydrogen (secondary N) is 1. The highest BCUT2D eigenvalue weighted by molar-refractivity contribution is 7.98. The maximum atomic E-state index is 12.8. The van der Waals surface area contributed by atoms with Crippen LogP contribution in [-0.2, 0) is 6.42 Å². The van der Waals surface area contributed by atoms with Crippen LogP contribution in [0.5, 0.6) is 0 Å². The van der Waals surface area contributed by atoms with Gasteiger partial charge in [-0.3, -0.25) is 9.36 Å². The van der Waals surface area contributed by atoms with Crippen molar-refractivity contribution in [2.45, 2.75) is 70.5 Å². The van der Waals surface area contributed by atoms with Gasteiger partial charge in [-0.05, 0) is 52.4 Å².